The fraction of sp³-hybridized carbons (Fsp3) is 0.333. The molecule has 2 aromatic carbocycles. The van der Waals surface area contributed by atoms with E-state index in [1.807, 2.05) is 18.2 Å². The molecule has 0 radical (unpaired) electrons. The molecule has 0 nitrogen and oxygen atoms in total. The van der Waals surface area contributed by atoms with Crippen LogP contribution in [-0.2, 0) is 6.42 Å². The van der Waals surface area contributed by atoms with Crippen LogP contribution in [0.3, 0.4) is 0 Å². The van der Waals surface area contributed by atoms with Crippen LogP contribution in [0.15, 0.2) is 54.1 Å². The van der Waals surface area contributed by atoms with E-state index >= 15 is 0 Å². The van der Waals surface area contributed by atoms with Crippen molar-refractivity contribution in [3.05, 3.63) is 65.3 Å². The fourth-order valence-electron chi connectivity index (χ4n) is 3.29. The summed E-state index contributed by atoms with van der Waals surface area (Å²) in [6.45, 7) is 3.54. The SMILES string of the molecule is CCCc1ccc2cc(C3=CC=C(CC)C(F)(F)C3(F)F)ccc2c1. The number of halogens is 4. The van der Waals surface area contributed by atoms with Crippen LogP contribution in [0.2, 0.25) is 0 Å². The van der Waals surface area contributed by atoms with E-state index < -0.39 is 23.0 Å². The molecule has 0 N–H and O–H groups in total. The van der Waals surface area contributed by atoms with E-state index in [-0.39, 0.29) is 12.0 Å². The topological polar surface area (TPSA) is 0 Å². The normalized spacial score (nSPS) is 18.8. The van der Waals surface area contributed by atoms with Crippen LogP contribution in [0.1, 0.15) is 37.8 Å². The molecule has 1 aliphatic rings. The second-order valence-electron chi connectivity index (χ2n) is 6.42. The Morgan fingerprint density at radius 1 is 0.800 bits per heavy atom. The minimum absolute atomic E-state index is 0.107. The molecule has 0 spiro atoms. The average molecular weight is 348 g/mol. The van der Waals surface area contributed by atoms with Crippen molar-refractivity contribution in [2.45, 2.75) is 45.0 Å². The van der Waals surface area contributed by atoms with Gasteiger partial charge in [-0.1, -0.05) is 62.8 Å². The Kier molecular flexibility index (Phi) is 4.48. The van der Waals surface area contributed by atoms with Crippen molar-refractivity contribution >= 4 is 16.3 Å². The van der Waals surface area contributed by atoms with Gasteiger partial charge in [-0.2, -0.15) is 17.6 Å². The molecule has 0 unspecified atom stereocenters. The smallest absolute Gasteiger partial charge is 0.194 e. The molecule has 25 heavy (non-hydrogen) atoms. The Balaban J connectivity index is 2.08. The minimum atomic E-state index is -4.22. The molecule has 1 aliphatic carbocycles. The van der Waals surface area contributed by atoms with Gasteiger partial charge in [0, 0.05) is 11.1 Å². The zero-order valence-corrected chi connectivity index (χ0v) is 14.3. The highest BCUT2D eigenvalue weighted by atomic mass is 19.3. The molecule has 0 saturated carbocycles. The first-order valence-electron chi connectivity index (χ1n) is 8.51. The molecule has 0 bridgehead atoms. The molecule has 0 aliphatic heterocycles. The summed E-state index contributed by atoms with van der Waals surface area (Å²) >= 11 is 0. The number of alkyl halides is 4. The lowest BCUT2D eigenvalue weighted by Crippen LogP contribution is -2.44. The number of allylic oxidation sites excluding steroid dienone is 4. The van der Waals surface area contributed by atoms with Crippen molar-refractivity contribution in [2.75, 3.05) is 0 Å². The lowest BCUT2D eigenvalue weighted by Gasteiger charge is -2.33. The standard InChI is InChI=1S/C21H20F4/c1-3-5-14-6-7-16-13-17(9-8-15(16)12-14)19-11-10-18(4-2)20(22,23)21(19,24)25/h6-13H,3-5H2,1-2H3. The summed E-state index contributed by atoms with van der Waals surface area (Å²) in [5.41, 5.74) is 0.138. The zero-order chi connectivity index (χ0) is 18.2. The van der Waals surface area contributed by atoms with Crippen LogP contribution < -0.4 is 0 Å². The molecule has 132 valence electrons. The fourth-order valence-corrected chi connectivity index (χ4v) is 3.29. The highest BCUT2D eigenvalue weighted by molar-refractivity contribution is 5.88. The maximum atomic E-state index is 14.5. The van der Waals surface area contributed by atoms with Gasteiger partial charge >= 0.3 is 11.8 Å². The number of rotatable bonds is 4. The molecule has 0 fully saturated rings. The van der Waals surface area contributed by atoms with E-state index in [1.54, 1.807) is 12.1 Å². The van der Waals surface area contributed by atoms with E-state index in [0.29, 0.717) is 0 Å². The number of hydrogen-bond acceptors (Lipinski definition) is 0. The summed E-state index contributed by atoms with van der Waals surface area (Å²) in [6.07, 6.45) is 4.11. The molecule has 0 atom stereocenters. The predicted molar refractivity (Wildman–Crippen MR) is 94.2 cm³/mol. The molecule has 0 heterocycles. The van der Waals surface area contributed by atoms with Crippen molar-refractivity contribution in [2.24, 2.45) is 0 Å². The first-order chi connectivity index (χ1) is 11.8. The average Bonchev–Trinajstić information content (AvgIpc) is 2.57. The van der Waals surface area contributed by atoms with Gasteiger partial charge in [0.1, 0.15) is 0 Å². The highest BCUT2D eigenvalue weighted by Gasteiger charge is 2.61. The molecule has 4 heteroatoms. The third-order valence-corrected chi connectivity index (χ3v) is 4.72. The van der Waals surface area contributed by atoms with E-state index in [0.717, 1.165) is 35.8 Å². The van der Waals surface area contributed by atoms with Gasteiger partial charge in [0.05, 0.1) is 0 Å². The highest BCUT2D eigenvalue weighted by Crippen LogP contribution is 2.51. The molecular weight excluding hydrogens is 328 g/mol. The Labute approximate surface area is 144 Å². The van der Waals surface area contributed by atoms with Crippen molar-refractivity contribution in [3.8, 4) is 0 Å². The molecule has 0 amide bonds. The summed E-state index contributed by atoms with van der Waals surface area (Å²) in [7, 11) is 0. The second-order valence-corrected chi connectivity index (χ2v) is 6.42. The molecule has 3 rings (SSSR count). The van der Waals surface area contributed by atoms with Crippen molar-refractivity contribution in [3.63, 3.8) is 0 Å². The van der Waals surface area contributed by atoms with E-state index in [9.17, 15) is 17.6 Å². The van der Waals surface area contributed by atoms with Gasteiger partial charge in [-0.15, -0.1) is 0 Å². The quantitative estimate of drug-likeness (QED) is 0.533. The zero-order valence-electron chi connectivity index (χ0n) is 14.3. The van der Waals surface area contributed by atoms with Gasteiger partial charge in [0.2, 0.25) is 0 Å². The van der Waals surface area contributed by atoms with Gasteiger partial charge in [0.15, 0.2) is 0 Å². The first-order valence-corrected chi connectivity index (χ1v) is 8.51. The van der Waals surface area contributed by atoms with Crippen molar-refractivity contribution in [1.29, 1.82) is 0 Å². The first kappa shape index (κ1) is 17.7. The lowest BCUT2D eigenvalue weighted by atomic mass is 9.85. The van der Waals surface area contributed by atoms with Gasteiger partial charge in [-0.25, -0.2) is 0 Å². The molecule has 2 aromatic rings. The van der Waals surface area contributed by atoms with Crippen molar-refractivity contribution < 1.29 is 17.6 Å². The predicted octanol–water partition coefficient (Wildman–Crippen LogP) is 6.80. The maximum absolute atomic E-state index is 14.5. The Hall–Kier alpha value is -2.10. The number of aryl methyl sites for hydroxylation is 1. The second kappa shape index (κ2) is 6.32. The summed E-state index contributed by atoms with van der Waals surface area (Å²) in [5.74, 6) is -8.38. The summed E-state index contributed by atoms with van der Waals surface area (Å²) in [6, 6.07) is 10.6. The Bertz CT molecular complexity index is 859. The van der Waals surface area contributed by atoms with E-state index in [4.69, 9.17) is 0 Å². The minimum Gasteiger partial charge on any atom is -0.194 e. The largest absolute Gasteiger partial charge is 0.339 e. The number of fused-ring (bicyclic) bond motifs is 1. The van der Waals surface area contributed by atoms with Crippen LogP contribution in [0.4, 0.5) is 17.6 Å². The van der Waals surface area contributed by atoms with Gasteiger partial charge < -0.3 is 0 Å². The maximum Gasteiger partial charge on any atom is 0.339 e. The molecule has 0 aromatic heterocycles. The van der Waals surface area contributed by atoms with Crippen LogP contribution in [-0.4, -0.2) is 11.8 Å². The van der Waals surface area contributed by atoms with Crippen LogP contribution >= 0.6 is 0 Å². The van der Waals surface area contributed by atoms with Crippen LogP contribution in [0.5, 0.6) is 0 Å². The molecule has 0 saturated heterocycles. The monoisotopic (exact) mass is 348 g/mol. The number of benzene rings is 2. The lowest BCUT2D eigenvalue weighted by molar-refractivity contribution is -0.149. The van der Waals surface area contributed by atoms with Gasteiger partial charge in [-0.3, -0.25) is 0 Å². The summed E-state index contributed by atoms with van der Waals surface area (Å²) in [5, 5.41) is 1.69. The summed E-state index contributed by atoms with van der Waals surface area (Å²) in [4.78, 5) is 0. The van der Waals surface area contributed by atoms with Gasteiger partial charge in [0.25, 0.3) is 0 Å². The summed E-state index contributed by atoms with van der Waals surface area (Å²) < 4.78 is 57.3. The number of hydrogen-bond donors (Lipinski definition) is 0. The third-order valence-electron chi connectivity index (χ3n) is 4.72. The molecular formula is C21H20F4. The van der Waals surface area contributed by atoms with E-state index in [1.165, 1.54) is 18.6 Å². The van der Waals surface area contributed by atoms with Crippen LogP contribution in [0.25, 0.3) is 16.3 Å². The van der Waals surface area contributed by atoms with Gasteiger partial charge in [-0.05, 0) is 40.8 Å². The van der Waals surface area contributed by atoms with Crippen LogP contribution in [0, 0.1) is 0 Å². The van der Waals surface area contributed by atoms with E-state index in [2.05, 4.69) is 6.92 Å². The van der Waals surface area contributed by atoms with Crippen molar-refractivity contribution in [1.82, 2.24) is 0 Å². The Morgan fingerprint density at radius 3 is 2.16 bits per heavy atom. The third kappa shape index (κ3) is 2.88. The Morgan fingerprint density at radius 2 is 1.48 bits per heavy atom.